The van der Waals surface area contributed by atoms with Crippen LogP contribution < -0.4 is 16.6 Å². The van der Waals surface area contributed by atoms with E-state index in [1.807, 2.05) is 0 Å². The van der Waals surface area contributed by atoms with Crippen LogP contribution in [0.15, 0.2) is 11.1 Å². The monoisotopic (exact) mass is 240 g/mol. The van der Waals surface area contributed by atoms with Gasteiger partial charge in [-0.15, -0.1) is 0 Å². The third kappa shape index (κ3) is 1.94. The molecule has 92 valence electrons. The Morgan fingerprint density at radius 2 is 2.47 bits per heavy atom. The van der Waals surface area contributed by atoms with Crippen LogP contribution in [0, 0.1) is 0 Å². The summed E-state index contributed by atoms with van der Waals surface area (Å²) in [6.45, 7) is 0.346. The first kappa shape index (κ1) is 11.4. The molecule has 0 amide bonds. The molecule has 1 aromatic rings. The molecule has 1 atom stereocenters. The number of ether oxygens (including phenoxy) is 1. The maximum atomic E-state index is 11.2. The predicted molar refractivity (Wildman–Crippen MR) is 58.7 cm³/mol. The van der Waals surface area contributed by atoms with Crippen LogP contribution in [0.2, 0.25) is 0 Å². The number of H-pyrrole nitrogens is 1. The van der Waals surface area contributed by atoms with Crippen LogP contribution in [-0.2, 0) is 9.53 Å². The first-order valence-corrected chi connectivity index (χ1v) is 4.98. The summed E-state index contributed by atoms with van der Waals surface area (Å²) in [4.78, 5) is 28.6. The van der Waals surface area contributed by atoms with Crippen molar-refractivity contribution in [1.29, 1.82) is 0 Å². The highest BCUT2D eigenvalue weighted by Gasteiger charge is 2.43. The molecular formula is C9H12N4O4. The fourth-order valence-corrected chi connectivity index (χ4v) is 1.62. The number of hydrogen-bond donors (Lipinski definition) is 4. The molecule has 0 radical (unpaired) electrons. The number of nitrogens with two attached hydrogens (primary N) is 1. The Bertz CT molecular complexity index is 492. The number of rotatable bonds is 3. The van der Waals surface area contributed by atoms with Gasteiger partial charge >= 0.3 is 5.97 Å². The molecule has 1 saturated heterocycles. The number of carboxylic acids is 1. The summed E-state index contributed by atoms with van der Waals surface area (Å²) < 4.78 is 5.07. The van der Waals surface area contributed by atoms with Crippen LogP contribution in [0.25, 0.3) is 0 Å². The fourth-order valence-electron chi connectivity index (χ4n) is 1.62. The molecule has 1 fully saturated rings. The Labute approximate surface area is 95.8 Å². The zero-order chi connectivity index (χ0) is 12.5. The third-order valence-corrected chi connectivity index (χ3v) is 2.68. The van der Waals surface area contributed by atoms with Crippen molar-refractivity contribution in [3.05, 3.63) is 16.7 Å². The van der Waals surface area contributed by atoms with Gasteiger partial charge in [0, 0.05) is 13.0 Å². The molecule has 0 saturated carbocycles. The van der Waals surface area contributed by atoms with Crippen molar-refractivity contribution in [2.75, 3.05) is 24.3 Å². The van der Waals surface area contributed by atoms with Gasteiger partial charge in [-0.25, -0.2) is 9.78 Å². The number of nitrogens with one attached hydrogen (secondary N) is 2. The Balaban J connectivity index is 2.33. The summed E-state index contributed by atoms with van der Waals surface area (Å²) in [6.07, 6.45) is 1.45. The number of nitrogens with zero attached hydrogens (tertiary/aromatic N) is 1. The second kappa shape index (κ2) is 4.06. The Hall–Kier alpha value is -2.09. The predicted octanol–water partition coefficient (Wildman–Crippen LogP) is -0.992. The highest BCUT2D eigenvalue weighted by Crippen LogP contribution is 2.25. The second-order valence-electron chi connectivity index (χ2n) is 3.81. The molecule has 17 heavy (non-hydrogen) atoms. The van der Waals surface area contributed by atoms with Gasteiger partial charge in [0.1, 0.15) is 5.69 Å². The number of aromatic nitrogens is 2. The van der Waals surface area contributed by atoms with Crippen molar-refractivity contribution < 1.29 is 14.6 Å². The SMILES string of the molecule is Nc1c(NC2(C(=O)O)CCOC2)nc[nH]c1=O. The molecule has 1 aliphatic rings. The van der Waals surface area contributed by atoms with E-state index >= 15 is 0 Å². The number of hydrogen-bond acceptors (Lipinski definition) is 6. The average Bonchev–Trinajstić information content (AvgIpc) is 2.75. The van der Waals surface area contributed by atoms with Gasteiger partial charge in [0.25, 0.3) is 5.56 Å². The van der Waals surface area contributed by atoms with Crippen LogP contribution in [-0.4, -0.2) is 39.8 Å². The molecule has 1 unspecified atom stereocenters. The largest absolute Gasteiger partial charge is 0.479 e. The lowest BCUT2D eigenvalue weighted by Crippen LogP contribution is -2.47. The maximum absolute atomic E-state index is 11.2. The first-order chi connectivity index (χ1) is 8.05. The van der Waals surface area contributed by atoms with E-state index < -0.39 is 17.1 Å². The summed E-state index contributed by atoms with van der Waals surface area (Å²) in [5, 5.41) is 11.9. The summed E-state index contributed by atoms with van der Waals surface area (Å²) in [6, 6.07) is 0. The maximum Gasteiger partial charge on any atom is 0.331 e. The average molecular weight is 240 g/mol. The van der Waals surface area contributed by atoms with Gasteiger partial charge in [-0.3, -0.25) is 4.79 Å². The van der Waals surface area contributed by atoms with Gasteiger partial charge in [-0.05, 0) is 0 Å². The van der Waals surface area contributed by atoms with Gasteiger partial charge in [-0.1, -0.05) is 0 Å². The van der Waals surface area contributed by atoms with Crippen LogP contribution in [0.5, 0.6) is 0 Å². The number of carboxylic acid groups (broad SMARTS) is 1. The van der Waals surface area contributed by atoms with Crippen molar-refractivity contribution in [2.45, 2.75) is 12.0 Å². The zero-order valence-electron chi connectivity index (χ0n) is 8.90. The number of aliphatic carboxylic acids is 1. The van der Waals surface area contributed by atoms with Crippen LogP contribution >= 0.6 is 0 Å². The smallest absolute Gasteiger partial charge is 0.331 e. The van der Waals surface area contributed by atoms with E-state index in [9.17, 15) is 14.7 Å². The lowest BCUT2D eigenvalue weighted by molar-refractivity contribution is -0.142. The molecule has 8 nitrogen and oxygen atoms in total. The van der Waals surface area contributed by atoms with Crippen molar-refractivity contribution >= 4 is 17.5 Å². The summed E-state index contributed by atoms with van der Waals surface area (Å²) in [5.41, 5.74) is 3.60. The van der Waals surface area contributed by atoms with E-state index in [1.165, 1.54) is 0 Å². The number of nitrogen functional groups attached to an aromatic ring is 1. The van der Waals surface area contributed by atoms with Crippen molar-refractivity contribution in [1.82, 2.24) is 9.97 Å². The quantitative estimate of drug-likeness (QED) is 0.533. The standard InChI is InChI=1S/C9H12N4O4/c10-5-6(11-4-12-7(5)14)13-9(8(15)16)1-2-17-3-9/h4H,1-3,10H2,(H,15,16)(H2,11,12,13,14). The Morgan fingerprint density at radius 3 is 3.06 bits per heavy atom. The van der Waals surface area contributed by atoms with Gasteiger partial charge < -0.3 is 25.9 Å². The molecule has 1 aromatic heterocycles. The first-order valence-electron chi connectivity index (χ1n) is 4.98. The minimum Gasteiger partial charge on any atom is -0.479 e. The minimum atomic E-state index is -1.27. The van der Waals surface area contributed by atoms with Crippen molar-refractivity contribution in [3.8, 4) is 0 Å². The highest BCUT2D eigenvalue weighted by atomic mass is 16.5. The molecule has 0 spiro atoms. The van der Waals surface area contributed by atoms with E-state index in [1.54, 1.807) is 0 Å². The van der Waals surface area contributed by atoms with Crippen molar-refractivity contribution in [2.24, 2.45) is 0 Å². The van der Waals surface area contributed by atoms with Gasteiger partial charge in [-0.2, -0.15) is 0 Å². The molecule has 8 heteroatoms. The third-order valence-electron chi connectivity index (χ3n) is 2.68. The molecular weight excluding hydrogens is 228 g/mol. The second-order valence-corrected chi connectivity index (χ2v) is 3.81. The van der Waals surface area contributed by atoms with Gasteiger partial charge in [0.15, 0.2) is 11.4 Å². The lowest BCUT2D eigenvalue weighted by atomic mass is 9.99. The van der Waals surface area contributed by atoms with Crippen LogP contribution in [0.1, 0.15) is 6.42 Å². The van der Waals surface area contributed by atoms with E-state index in [0.29, 0.717) is 6.61 Å². The van der Waals surface area contributed by atoms with E-state index in [0.717, 1.165) is 6.33 Å². The Morgan fingerprint density at radius 1 is 1.71 bits per heavy atom. The summed E-state index contributed by atoms with van der Waals surface area (Å²) in [5.74, 6) is -1.00. The van der Waals surface area contributed by atoms with Gasteiger partial charge in [0.05, 0.1) is 12.9 Å². The van der Waals surface area contributed by atoms with E-state index in [4.69, 9.17) is 10.5 Å². The van der Waals surface area contributed by atoms with E-state index in [-0.39, 0.29) is 24.5 Å². The van der Waals surface area contributed by atoms with E-state index in [2.05, 4.69) is 15.3 Å². The molecule has 2 rings (SSSR count). The number of aromatic amines is 1. The minimum absolute atomic E-state index is 0.0102. The lowest BCUT2D eigenvalue weighted by Gasteiger charge is -2.24. The zero-order valence-corrected chi connectivity index (χ0v) is 8.90. The molecule has 0 aliphatic carbocycles. The topological polar surface area (TPSA) is 130 Å². The van der Waals surface area contributed by atoms with Crippen LogP contribution in [0.3, 0.4) is 0 Å². The van der Waals surface area contributed by atoms with Crippen molar-refractivity contribution in [3.63, 3.8) is 0 Å². The number of anilines is 2. The molecule has 5 N–H and O–H groups in total. The summed E-state index contributed by atoms with van der Waals surface area (Å²) >= 11 is 0. The normalized spacial score (nSPS) is 23.5. The summed E-state index contributed by atoms with van der Waals surface area (Å²) in [7, 11) is 0. The molecule has 2 heterocycles. The van der Waals surface area contributed by atoms with Crippen LogP contribution in [0.4, 0.5) is 11.5 Å². The van der Waals surface area contributed by atoms with Gasteiger partial charge in [0.2, 0.25) is 0 Å². The molecule has 0 aromatic carbocycles. The molecule has 1 aliphatic heterocycles. The highest BCUT2D eigenvalue weighted by molar-refractivity contribution is 5.84. The molecule has 0 bridgehead atoms. The number of carbonyl (C=O) groups is 1. The fraction of sp³-hybridized carbons (Fsp3) is 0.444. The Kier molecular flexibility index (Phi) is 2.72.